The smallest absolute Gasteiger partial charge is 0.254 e. The van der Waals surface area contributed by atoms with E-state index >= 15 is 0 Å². The number of hydrogen-bond acceptors (Lipinski definition) is 2. The molecule has 2 aromatic rings. The molecule has 0 aliphatic heterocycles. The Morgan fingerprint density at radius 2 is 1.81 bits per heavy atom. The van der Waals surface area contributed by atoms with Crippen LogP contribution < -0.4 is 10.6 Å². The topological polar surface area (TPSA) is 41.1 Å². The molecule has 138 valence electrons. The Hall–Kier alpha value is -2.27. The molecule has 5 heteroatoms. The van der Waals surface area contributed by atoms with E-state index in [1.165, 1.54) is 5.56 Å². The number of halogens is 2. The number of carbonyl (C=O) groups is 1. The van der Waals surface area contributed by atoms with Crippen molar-refractivity contribution in [3.8, 4) is 0 Å². The Bertz CT molecular complexity index is 758. The molecule has 2 aromatic carbocycles. The number of benzene rings is 2. The lowest BCUT2D eigenvalue weighted by molar-refractivity contribution is 0.0932. The maximum absolute atomic E-state index is 13.8. The summed E-state index contributed by atoms with van der Waals surface area (Å²) in [4.78, 5) is 12.3. The average molecular weight is 358 g/mol. The summed E-state index contributed by atoms with van der Waals surface area (Å²) in [6.45, 7) is 2.49. The van der Waals surface area contributed by atoms with Gasteiger partial charge in [0.2, 0.25) is 0 Å². The van der Waals surface area contributed by atoms with Gasteiger partial charge in [-0.25, -0.2) is 8.78 Å². The van der Waals surface area contributed by atoms with Crippen molar-refractivity contribution >= 4 is 5.91 Å². The number of nitrogens with one attached hydrogen (secondary N) is 2. The summed E-state index contributed by atoms with van der Waals surface area (Å²) in [5.41, 5.74) is 0.699. The van der Waals surface area contributed by atoms with Crippen LogP contribution in [0, 0.1) is 11.6 Å². The molecular weight excluding hydrogens is 334 g/mol. The van der Waals surface area contributed by atoms with E-state index in [1.807, 2.05) is 18.2 Å². The predicted octanol–water partition coefficient (Wildman–Crippen LogP) is 4.36. The third kappa shape index (κ3) is 4.28. The fraction of sp³-hybridized carbons (Fsp3) is 0.381. The highest BCUT2D eigenvalue weighted by atomic mass is 19.1. The summed E-state index contributed by atoms with van der Waals surface area (Å²) in [7, 11) is 0. The predicted molar refractivity (Wildman–Crippen MR) is 97.9 cm³/mol. The number of rotatable bonds is 6. The molecule has 26 heavy (non-hydrogen) atoms. The quantitative estimate of drug-likeness (QED) is 0.806. The Kier molecular flexibility index (Phi) is 5.67. The molecule has 1 atom stereocenters. The molecule has 3 rings (SSSR count). The van der Waals surface area contributed by atoms with Crippen molar-refractivity contribution in [3.05, 3.63) is 71.3 Å². The standard InChI is InChI=1S/C21H24F2N2O/c1-15(16-7-3-2-4-8-16)25-21(11-5-6-12-21)14-24-20(26)18-13-17(22)9-10-19(18)23/h2-4,7-10,13,15,25H,5-6,11-12,14H2,1H3,(H,24,26). The second-order valence-electron chi connectivity index (χ2n) is 7.07. The molecule has 1 amide bonds. The van der Waals surface area contributed by atoms with Gasteiger partial charge in [0.25, 0.3) is 5.91 Å². The van der Waals surface area contributed by atoms with Crippen molar-refractivity contribution in [1.29, 1.82) is 0 Å². The van der Waals surface area contributed by atoms with Crippen LogP contribution in [0.25, 0.3) is 0 Å². The number of carbonyl (C=O) groups excluding carboxylic acids is 1. The van der Waals surface area contributed by atoms with Crippen LogP contribution in [0.5, 0.6) is 0 Å². The zero-order chi connectivity index (χ0) is 18.6. The van der Waals surface area contributed by atoms with Gasteiger partial charge in [-0.15, -0.1) is 0 Å². The summed E-state index contributed by atoms with van der Waals surface area (Å²) in [6.07, 6.45) is 4.05. The van der Waals surface area contributed by atoms with Crippen LogP contribution in [0.1, 0.15) is 54.6 Å². The molecule has 1 saturated carbocycles. The molecule has 1 unspecified atom stereocenters. The minimum Gasteiger partial charge on any atom is -0.350 e. The van der Waals surface area contributed by atoms with Gasteiger partial charge in [0.1, 0.15) is 11.6 Å². The van der Waals surface area contributed by atoms with Crippen molar-refractivity contribution in [1.82, 2.24) is 10.6 Å². The van der Waals surface area contributed by atoms with E-state index in [2.05, 4.69) is 29.7 Å². The van der Waals surface area contributed by atoms with E-state index in [0.29, 0.717) is 6.54 Å². The molecule has 0 aromatic heterocycles. The number of hydrogen-bond donors (Lipinski definition) is 2. The van der Waals surface area contributed by atoms with Crippen LogP contribution in [0.4, 0.5) is 8.78 Å². The SMILES string of the molecule is CC(NC1(CNC(=O)c2cc(F)ccc2F)CCCC1)c1ccccc1. The van der Waals surface area contributed by atoms with E-state index in [1.54, 1.807) is 0 Å². The summed E-state index contributed by atoms with van der Waals surface area (Å²) < 4.78 is 27.1. The van der Waals surface area contributed by atoms with Crippen LogP contribution in [-0.4, -0.2) is 18.0 Å². The largest absolute Gasteiger partial charge is 0.350 e. The Morgan fingerprint density at radius 3 is 2.50 bits per heavy atom. The van der Waals surface area contributed by atoms with Gasteiger partial charge in [0.15, 0.2) is 0 Å². The lowest BCUT2D eigenvalue weighted by Crippen LogP contribution is -2.52. The fourth-order valence-corrected chi connectivity index (χ4v) is 3.72. The Morgan fingerprint density at radius 1 is 1.12 bits per heavy atom. The van der Waals surface area contributed by atoms with Gasteiger partial charge in [0, 0.05) is 18.1 Å². The first-order valence-electron chi connectivity index (χ1n) is 9.05. The first kappa shape index (κ1) is 18.5. The normalized spacial score (nSPS) is 17.0. The zero-order valence-electron chi connectivity index (χ0n) is 14.9. The van der Waals surface area contributed by atoms with Gasteiger partial charge < -0.3 is 10.6 Å². The third-order valence-corrected chi connectivity index (χ3v) is 5.14. The second-order valence-corrected chi connectivity index (χ2v) is 7.07. The second kappa shape index (κ2) is 7.96. The van der Waals surface area contributed by atoms with Gasteiger partial charge in [-0.2, -0.15) is 0 Å². The minimum absolute atomic E-state index is 0.136. The molecule has 1 aliphatic rings. The van der Waals surface area contributed by atoms with Gasteiger partial charge >= 0.3 is 0 Å². The molecule has 0 bridgehead atoms. The molecule has 1 fully saturated rings. The zero-order valence-corrected chi connectivity index (χ0v) is 14.9. The van der Waals surface area contributed by atoms with Crippen LogP contribution >= 0.6 is 0 Å². The maximum Gasteiger partial charge on any atom is 0.254 e. The fourth-order valence-electron chi connectivity index (χ4n) is 3.72. The van der Waals surface area contributed by atoms with Crippen LogP contribution in [0.15, 0.2) is 48.5 Å². The molecular formula is C21H24F2N2O. The molecule has 0 radical (unpaired) electrons. The van der Waals surface area contributed by atoms with Gasteiger partial charge in [-0.05, 0) is 43.5 Å². The molecule has 0 heterocycles. The Labute approximate surface area is 152 Å². The van der Waals surface area contributed by atoms with Crippen LogP contribution in [-0.2, 0) is 0 Å². The third-order valence-electron chi connectivity index (χ3n) is 5.14. The maximum atomic E-state index is 13.8. The highest BCUT2D eigenvalue weighted by Crippen LogP contribution is 2.32. The van der Waals surface area contributed by atoms with Crippen LogP contribution in [0.3, 0.4) is 0 Å². The minimum atomic E-state index is -0.713. The first-order chi connectivity index (χ1) is 12.5. The van der Waals surface area contributed by atoms with E-state index in [9.17, 15) is 13.6 Å². The monoisotopic (exact) mass is 358 g/mol. The van der Waals surface area contributed by atoms with Gasteiger partial charge in [-0.1, -0.05) is 43.2 Å². The van der Waals surface area contributed by atoms with Crippen molar-refractivity contribution < 1.29 is 13.6 Å². The first-order valence-corrected chi connectivity index (χ1v) is 9.05. The summed E-state index contributed by atoms with van der Waals surface area (Å²) in [6, 6.07) is 13.2. The highest BCUT2D eigenvalue weighted by Gasteiger charge is 2.35. The molecule has 0 spiro atoms. The van der Waals surface area contributed by atoms with E-state index in [-0.39, 0.29) is 17.1 Å². The lowest BCUT2D eigenvalue weighted by atomic mass is 9.94. The van der Waals surface area contributed by atoms with Gasteiger partial charge in [0.05, 0.1) is 5.56 Å². The lowest BCUT2D eigenvalue weighted by Gasteiger charge is -2.34. The average Bonchev–Trinajstić information content (AvgIpc) is 3.11. The molecule has 3 nitrogen and oxygen atoms in total. The van der Waals surface area contributed by atoms with Crippen molar-refractivity contribution in [3.63, 3.8) is 0 Å². The summed E-state index contributed by atoms with van der Waals surface area (Å²) in [5, 5.41) is 6.46. The van der Waals surface area contributed by atoms with E-state index < -0.39 is 17.5 Å². The molecule has 2 N–H and O–H groups in total. The Balaban J connectivity index is 1.68. The summed E-state index contributed by atoms with van der Waals surface area (Å²) >= 11 is 0. The highest BCUT2D eigenvalue weighted by molar-refractivity contribution is 5.94. The molecule has 1 aliphatic carbocycles. The number of amides is 1. The van der Waals surface area contributed by atoms with E-state index in [0.717, 1.165) is 43.9 Å². The molecule has 0 saturated heterocycles. The van der Waals surface area contributed by atoms with Gasteiger partial charge in [-0.3, -0.25) is 4.79 Å². The van der Waals surface area contributed by atoms with E-state index in [4.69, 9.17) is 0 Å². The van der Waals surface area contributed by atoms with Crippen LogP contribution in [0.2, 0.25) is 0 Å². The summed E-state index contributed by atoms with van der Waals surface area (Å²) in [5.74, 6) is -1.92. The van der Waals surface area contributed by atoms with Crippen molar-refractivity contribution in [2.24, 2.45) is 0 Å². The van der Waals surface area contributed by atoms with Crippen molar-refractivity contribution in [2.45, 2.75) is 44.2 Å². The van der Waals surface area contributed by atoms with Crippen molar-refractivity contribution in [2.75, 3.05) is 6.54 Å².